The van der Waals surface area contributed by atoms with Crippen molar-refractivity contribution in [1.82, 2.24) is 10.2 Å². The summed E-state index contributed by atoms with van der Waals surface area (Å²) in [6.07, 6.45) is 11.9. The third-order valence-corrected chi connectivity index (χ3v) is 7.99. The molecule has 0 aromatic heterocycles. The average Bonchev–Trinajstić information content (AvgIpc) is 3.66. The summed E-state index contributed by atoms with van der Waals surface area (Å²) < 4.78 is 10.4. The van der Waals surface area contributed by atoms with Gasteiger partial charge in [0.1, 0.15) is 18.2 Å². The van der Waals surface area contributed by atoms with Crippen molar-refractivity contribution in [3.63, 3.8) is 0 Å². The Labute approximate surface area is 207 Å². The molecule has 6 atom stereocenters. The van der Waals surface area contributed by atoms with Gasteiger partial charge in [0, 0.05) is 18.9 Å². The number of hydrogen-bond donors (Lipinski definition) is 2. The summed E-state index contributed by atoms with van der Waals surface area (Å²) in [4.78, 5) is 50.6. The van der Waals surface area contributed by atoms with Crippen LogP contribution in [0.5, 0.6) is 0 Å². The first-order valence-electron chi connectivity index (χ1n) is 13.2. The number of ether oxygens (including phenoxy) is 2. The number of amides is 3. The molecular weight excluding hydrogens is 450 g/mol. The van der Waals surface area contributed by atoms with E-state index in [0.29, 0.717) is 31.2 Å². The van der Waals surface area contributed by atoms with Gasteiger partial charge < -0.3 is 25.4 Å². The van der Waals surface area contributed by atoms with Gasteiger partial charge in [0.15, 0.2) is 0 Å². The van der Waals surface area contributed by atoms with Crippen molar-refractivity contribution in [2.75, 3.05) is 13.7 Å². The van der Waals surface area contributed by atoms with Gasteiger partial charge in [-0.3, -0.25) is 14.4 Å². The highest BCUT2D eigenvalue weighted by Gasteiger charge is 2.43. The quantitative estimate of drug-likeness (QED) is 0.233. The minimum atomic E-state index is -0.718. The number of alkyl carbamates (subject to hydrolysis) is 1. The van der Waals surface area contributed by atoms with E-state index in [-0.39, 0.29) is 23.9 Å². The van der Waals surface area contributed by atoms with E-state index in [1.54, 1.807) is 0 Å². The van der Waals surface area contributed by atoms with Crippen LogP contribution in [0.3, 0.4) is 0 Å². The standard InChI is InChI=1S/C26H39N3O6/c1-34-25(32)20-15-16(20)8-5-3-2-4-6-9-21(24(31)29-11-7-10-22(29)23(27)30)28-26(33)35-19-13-17-12-18(17)14-19/h12,16-17,19-22H,2-11,13-15H2,1H3,(H2,27,30)(H,28,33)/t16-,17?,19?,20+,21+,22+/m1/s1. The van der Waals surface area contributed by atoms with E-state index >= 15 is 0 Å². The lowest BCUT2D eigenvalue weighted by atomic mass is 10.0. The van der Waals surface area contributed by atoms with E-state index in [1.165, 1.54) is 17.6 Å². The summed E-state index contributed by atoms with van der Waals surface area (Å²) in [5.41, 5.74) is 6.86. The zero-order valence-corrected chi connectivity index (χ0v) is 20.7. The molecule has 3 amide bonds. The van der Waals surface area contributed by atoms with Crippen LogP contribution in [0.15, 0.2) is 11.6 Å². The number of rotatable bonds is 13. The molecule has 2 unspecified atom stereocenters. The van der Waals surface area contributed by atoms with E-state index in [9.17, 15) is 19.2 Å². The Morgan fingerprint density at radius 1 is 1.14 bits per heavy atom. The molecule has 0 spiro atoms. The number of likely N-dealkylation sites (tertiary alicyclic amines) is 1. The Balaban J connectivity index is 1.19. The van der Waals surface area contributed by atoms with Gasteiger partial charge in [-0.2, -0.15) is 0 Å². The molecule has 2 saturated carbocycles. The number of primary amides is 1. The summed E-state index contributed by atoms with van der Waals surface area (Å²) in [6.45, 7) is 0.478. The van der Waals surface area contributed by atoms with Crippen molar-refractivity contribution in [3.8, 4) is 0 Å². The highest BCUT2D eigenvalue weighted by molar-refractivity contribution is 5.91. The van der Waals surface area contributed by atoms with E-state index in [1.807, 2.05) is 0 Å². The Kier molecular flexibility index (Phi) is 8.34. The number of nitrogens with zero attached hydrogens (tertiary/aromatic N) is 1. The summed E-state index contributed by atoms with van der Waals surface area (Å²) in [7, 11) is 1.44. The lowest BCUT2D eigenvalue weighted by Crippen LogP contribution is -2.53. The summed E-state index contributed by atoms with van der Waals surface area (Å²) in [5.74, 6) is 0.232. The zero-order chi connectivity index (χ0) is 24.9. The number of carbonyl (C=O) groups excluding carboxylic acids is 4. The molecule has 4 aliphatic rings. The van der Waals surface area contributed by atoms with Gasteiger partial charge in [-0.1, -0.05) is 43.8 Å². The fraction of sp³-hybridized carbons (Fsp3) is 0.769. The van der Waals surface area contributed by atoms with Gasteiger partial charge in [0.2, 0.25) is 11.8 Å². The number of nitrogens with two attached hydrogens (primary N) is 1. The number of fused-ring (bicyclic) bond motifs is 1. The van der Waals surface area contributed by atoms with Crippen molar-refractivity contribution >= 4 is 23.9 Å². The van der Waals surface area contributed by atoms with Gasteiger partial charge >= 0.3 is 12.1 Å². The molecule has 3 fully saturated rings. The molecule has 3 aliphatic carbocycles. The molecule has 1 aliphatic heterocycles. The molecule has 4 rings (SSSR count). The number of allylic oxidation sites excluding steroid dienone is 1. The zero-order valence-electron chi connectivity index (χ0n) is 20.7. The van der Waals surface area contributed by atoms with Crippen LogP contribution in [0.2, 0.25) is 0 Å². The normalized spacial score (nSPS) is 29.1. The second-order valence-electron chi connectivity index (χ2n) is 10.6. The Morgan fingerprint density at radius 2 is 1.91 bits per heavy atom. The minimum absolute atomic E-state index is 0.0878. The lowest BCUT2D eigenvalue weighted by molar-refractivity contribution is -0.142. The molecule has 1 saturated heterocycles. The molecule has 0 bridgehead atoms. The fourth-order valence-electron chi connectivity index (χ4n) is 5.77. The van der Waals surface area contributed by atoms with Crippen LogP contribution in [0, 0.1) is 17.8 Å². The number of methoxy groups -OCH3 is 1. The number of carbonyl (C=O) groups is 4. The Hall–Kier alpha value is -2.58. The Morgan fingerprint density at radius 3 is 2.63 bits per heavy atom. The van der Waals surface area contributed by atoms with Crippen LogP contribution < -0.4 is 11.1 Å². The minimum Gasteiger partial charge on any atom is -0.469 e. The maximum absolute atomic E-state index is 13.3. The number of nitrogens with one attached hydrogen (secondary N) is 1. The molecule has 1 heterocycles. The predicted molar refractivity (Wildman–Crippen MR) is 128 cm³/mol. The molecule has 194 valence electrons. The summed E-state index contributed by atoms with van der Waals surface area (Å²) >= 11 is 0. The van der Waals surface area contributed by atoms with Gasteiger partial charge in [-0.25, -0.2) is 4.79 Å². The number of esters is 1. The monoisotopic (exact) mass is 489 g/mol. The Bertz CT molecular complexity index is 858. The van der Waals surface area contributed by atoms with Crippen LogP contribution in [-0.4, -0.2) is 60.6 Å². The molecule has 0 radical (unpaired) electrons. The first kappa shape index (κ1) is 25.5. The fourth-order valence-corrected chi connectivity index (χ4v) is 5.77. The van der Waals surface area contributed by atoms with E-state index < -0.39 is 24.1 Å². The highest BCUT2D eigenvalue weighted by atomic mass is 16.6. The van der Waals surface area contributed by atoms with Crippen molar-refractivity contribution in [2.24, 2.45) is 23.5 Å². The first-order chi connectivity index (χ1) is 16.9. The molecule has 9 nitrogen and oxygen atoms in total. The van der Waals surface area contributed by atoms with Crippen LogP contribution in [0.1, 0.15) is 77.0 Å². The van der Waals surface area contributed by atoms with E-state index in [0.717, 1.165) is 64.2 Å². The largest absolute Gasteiger partial charge is 0.469 e. The number of hydrogen-bond acceptors (Lipinski definition) is 6. The molecule has 9 heteroatoms. The SMILES string of the molecule is COC(=O)[C@H]1C[C@H]1CCCCCCC[C@H](NC(=O)OC1CC2=CC2C1)C(=O)N1CCC[C@H]1C(N)=O. The lowest BCUT2D eigenvalue weighted by Gasteiger charge is -2.28. The van der Waals surface area contributed by atoms with Crippen LogP contribution in [0.25, 0.3) is 0 Å². The molecule has 0 aromatic carbocycles. The second kappa shape index (κ2) is 11.4. The summed E-state index contributed by atoms with van der Waals surface area (Å²) in [5, 5.41) is 2.79. The maximum Gasteiger partial charge on any atom is 0.408 e. The van der Waals surface area contributed by atoms with Crippen LogP contribution >= 0.6 is 0 Å². The van der Waals surface area contributed by atoms with E-state index in [2.05, 4.69) is 11.4 Å². The molecule has 3 N–H and O–H groups in total. The number of unbranched alkanes of at least 4 members (excludes halogenated alkanes) is 4. The van der Waals surface area contributed by atoms with Gasteiger partial charge in [-0.15, -0.1) is 0 Å². The second-order valence-corrected chi connectivity index (χ2v) is 10.6. The van der Waals surface area contributed by atoms with Crippen molar-refractivity contribution in [2.45, 2.75) is 95.2 Å². The predicted octanol–water partition coefficient (Wildman–Crippen LogP) is 2.82. The van der Waals surface area contributed by atoms with E-state index in [4.69, 9.17) is 15.2 Å². The van der Waals surface area contributed by atoms with Crippen molar-refractivity contribution in [1.29, 1.82) is 0 Å². The summed E-state index contributed by atoms with van der Waals surface area (Å²) in [6, 6.07) is -1.32. The van der Waals surface area contributed by atoms with Crippen LogP contribution in [-0.2, 0) is 23.9 Å². The maximum atomic E-state index is 13.3. The van der Waals surface area contributed by atoms with Gasteiger partial charge in [0.05, 0.1) is 13.0 Å². The van der Waals surface area contributed by atoms with Crippen molar-refractivity contribution < 1.29 is 28.7 Å². The average molecular weight is 490 g/mol. The molecule has 0 aromatic rings. The smallest absolute Gasteiger partial charge is 0.408 e. The highest BCUT2D eigenvalue weighted by Crippen LogP contribution is 2.45. The van der Waals surface area contributed by atoms with Gasteiger partial charge in [-0.05, 0) is 44.4 Å². The third-order valence-electron chi connectivity index (χ3n) is 7.99. The van der Waals surface area contributed by atoms with Crippen LogP contribution in [0.4, 0.5) is 4.79 Å². The molecular formula is C26H39N3O6. The topological polar surface area (TPSA) is 128 Å². The third kappa shape index (κ3) is 6.76. The first-order valence-corrected chi connectivity index (χ1v) is 13.2. The van der Waals surface area contributed by atoms with Gasteiger partial charge in [0.25, 0.3) is 0 Å². The van der Waals surface area contributed by atoms with Crippen molar-refractivity contribution in [3.05, 3.63) is 11.6 Å². The molecule has 35 heavy (non-hydrogen) atoms.